The minimum absolute atomic E-state index is 0. The molecule has 0 aromatic heterocycles. The quantitative estimate of drug-likeness (QED) is 0.544. The van der Waals surface area contributed by atoms with E-state index in [4.69, 9.17) is 9.47 Å². The molecule has 0 aromatic carbocycles. The molecule has 1 aliphatic heterocycles. The van der Waals surface area contributed by atoms with Crippen molar-refractivity contribution in [2.45, 2.75) is 13.8 Å². The molecule has 0 spiro atoms. The average molecular weight is 314 g/mol. The van der Waals surface area contributed by atoms with Crippen LogP contribution in [0.15, 0.2) is 11.4 Å². The summed E-state index contributed by atoms with van der Waals surface area (Å²) in [6, 6.07) is 0. The summed E-state index contributed by atoms with van der Waals surface area (Å²) in [5.41, 5.74) is 2.59. The van der Waals surface area contributed by atoms with Gasteiger partial charge in [0.2, 0.25) is 0 Å². The second-order valence-electron chi connectivity index (χ2n) is 3.66. The van der Waals surface area contributed by atoms with Crippen LogP contribution in [-0.2, 0) is 29.0 Å². The van der Waals surface area contributed by atoms with Crippen molar-refractivity contribution in [2.75, 3.05) is 40.5 Å². The van der Waals surface area contributed by atoms with Crippen LogP contribution in [0.1, 0.15) is 13.8 Å². The minimum atomic E-state index is 0. The number of methoxy groups -OCH3 is 2. The van der Waals surface area contributed by atoms with E-state index < -0.39 is 0 Å². The molecule has 0 amide bonds. The van der Waals surface area contributed by atoms with Gasteiger partial charge < -0.3 is 19.3 Å². The van der Waals surface area contributed by atoms with Crippen LogP contribution in [0.5, 0.6) is 0 Å². The molecule has 1 heterocycles. The molecule has 16 heavy (non-hydrogen) atoms. The molecule has 0 atom stereocenters. The molecule has 0 bridgehead atoms. The van der Waals surface area contributed by atoms with Crippen LogP contribution in [-0.4, -0.2) is 50.3 Å². The first kappa shape index (κ1) is 15.9. The maximum absolute atomic E-state index is 5.08. The van der Waals surface area contributed by atoms with Crippen molar-refractivity contribution in [2.24, 2.45) is 0 Å². The van der Waals surface area contributed by atoms with Gasteiger partial charge in [-0.3, -0.25) is 0 Å². The molecule has 5 heteroatoms. The van der Waals surface area contributed by atoms with Crippen molar-refractivity contribution < 1.29 is 29.0 Å². The SMILES string of the molecule is COCCN1[CH-]N(CCOC)C(C)=C1C.[Ru+]. The monoisotopic (exact) mass is 315 g/mol. The van der Waals surface area contributed by atoms with E-state index in [1.807, 2.05) is 0 Å². The predicted octanol–water partition coefficient (Wildman–Crippen LogP) is 1.26. The van der Waals surface area contributed by atoms with Crippen LogP contribution in [0.25, 0.3) is 0 Å². The summed E-state index contributed by atoms with van der Waals surface area (Å²) in [5, 5.41) is 0. The topological polar surface area (TPSA) is 24.9 Å². The van der Waals surface area contributed by atoms with Gasteiger partial charge in [-0.15, -0.1) is 0 Å². The molecular formula is C11H21N2O2Ru. The number of nitrogens with zero attached hydrogens (tertiary/aromatic N) is 2. The van der Waals surface area contributed by atoms with Crippen molar-refractivity contribution in [1.29, 1.82) is 0 Å². The van der Waals surface area contributed by atoms with Gasteiger partial charge in [-0.05, 0) is 25.2 Å². The standard InChI is InChI=1S/C11H21N2O2.Ru/c1-10-11(2)13(6-8-15-4)9-12(10)5-7-14-3;/h9H,5-8H2,1-4H3;/q-1;+1. The molecule has 1 rings (SSSR count). The number of rotatable bonds is 6. The molecule has 1 radical (unpaired) electrons. The molecule has 0 unspecified atom stereocenters. The first-order valence-corrected chi connectivity index (χ1v) is 5.24. The van der Waals surface area contributed by atoms with E-state index in [0.29, 0.717) is 0 Å². The van der Waals surface area contributed by atoms with E-state index in [-0.39, 0.29) is 19.5 Å². The smallest absolute Gasteiger partial charge is 0.504 e. The van der Waals surface area contributed by atoms with Crippen molar-refractivity contribution in [3.8, 4) is 0 Å². The molecule has 4 nitrogen and oxygen atoms in total. The third-order valence-corrected chi connectivity index (χ3v) is 2.74. The van der Waals surface area contributed by atoms with E-state index >= 15 is 0 Å². The van der Waals surface area contributed by atoms with Crippen LogP contribution in [0.3, 0.4) is 0 Å². The maximum Gasteiger partial charge on any atom is 1.00 e. The number of hydrogen-bond donors (Lipinski definition) is 0. The molecule has 0 saturated carbocycles. The third-order valence-electron chi connectivity index (χ3n) is 2.74. The van der Waals surface area contributed by atoms with Crippen LogP contribution >= 0.6 is 0 Å². The first-order valence-electron chi connectivity index (χ1n) is 5.24. The number of hydrogen-bond acceptors (Lipinski definition) is 4. The van der Waals surface area contributed by atoms with E-state index in [1.165, 1.54) is 11.4 Å². The largest absolute Gasteiger partial charge is 1.00 e. The zero-order valence-electron chi connectivity index (χ0n) is 10.5. The first-order chi connectivity index (χ1) is 7.20. The summed E-state index contributed by atoms with van der Waals surface area (Å²) < 4.78 is 10.2. The van der Waals surface area contributed by atoms with Crippen LogP contribution in [0.4, 0.5) is 0 Å². The van der Waals surface area contributed by atoms with Crippen LogP contribution in [0.2, 0.25) is 0 Å². The van der Waals surface area contributed by atoms with Gasteiger partial charge in [0.1, 0.15) is 0 Å². The zero-order valence-corrected chi connectivity index (χ0v) is 12.2. The fraction of sp³-hybridized carbons (Fsp3) is 0.727. The van der Waals surface area contributed by atoms with E-state index in [0.717, 1.165) is 26.3 Å². The number of allylic oxidation sites excluding steroid dienone is 2. The second-order valence-corrected chi connectivity index (χ2v) is 3.66. The molecule has 0 N–H and O–H groups in total. The van der Waals surface area contributed by atoms with Gasteiger partial charge in [0.15, 0.2) is 0 Å². The summed E-state index contributed by atoms with van der Waals surface area (Å²) >= 11 is 0. The molecule has 0 fully saturated rings. The summed E-state index contributed by atoms with van der Waals surface area (Å²) in [5.74, 6) is 0. The fourth-order valence-electron chi connectivity index (χ4n) is 1.59. The maximum atomic E-state index is 5.08. The van der Waals surface area contributed by atoms with E-state index in [1.54, 1.807) is 14.2 Å². The Balaban J connectivity index is 0.00000225. The summed E-state index contributed by atoms with van der Waals surface area (Å²) in [6.45, 7) is 9.70. The Morgan fingerprint density at radius 3 is 1.62 bits per heavy atom. The van der Waals surface area contributed by atoms with Crippen molar-refractivity contribution >= 4 is 0 Å². The normalized spacial score (nSPS) is 15.8. The second kappa shape index (κ2) is 8.05. The van der Waals surface area contributed by atoms with Crippen LogP contribution < -0.4 is 0 Å². The van der Waals surface area contributed by atoms with E-state index in [2.05, 4.69) is 30.3 Å². The average Bonchev–Trinajstić information content (AvgIpc) is 2.51. The third kappa shape index (κ3) is 4.04. The Labute approximate surface area is 111 Å². The number of ether oxygens (including phenoxy) is 2. The van der Waals surface area contributed by atoms with Crippen LogP contribution in [0, 0.1) is 6.67 Å². The zero-order chi connectivity index (χ0) is 11.3. The van der Waals surface area contributed by atoms with Gasteiger partial charge in [0.25, 0.3) is 0 Å². The van der Waals surface area contributed by atoms with Gasteiger partial charge in [-0.2, -0.15) is 6.67 Å². The van der Waals surface area contributed by atoms with Crippen molar-refractivity contribution in [3.63, 3.8) is 0 Å². The van der Waals surface area contributed by atoms with Gasteiger partial charge in [0, 0.05) is 27.3 Å². The molecule has 0 saturated heterocycles. The summed E-state index contributed by atoms with van der Waals surface area (Å²) in [7, 11) is 3.45. The molecule has 1 aliphatic rings. The van der Waals surface area contributed by atoms with Crippen molar-refractivity contribution in [3.05, 3.63) is 18.1 Å². The van der Waals surface area contributed by atoms with E-state index in [9.17, 15) is 0 Å². The van der Waals surface area contributed by atoms with Crippen molar-refractivity contribution in [1.82, 2.24) is 9.80 Å². The van der Waals surface area contributed by atoms with Gasteiger partial charge in [-0.1, -0.05) is 0 Å². The Morgan fingerprint density at radius 2 is 1.31 bits per heavy atom. The molecule has 0 aliphatic carbocycles. The molecular weight excluding hydrogens is 293 g/mol. The fourth-order valence-corrected chi connectivity index (χ4v) is 1.59. The summed E-state index contributed by atoms with van der Waals surface area (Å²) in [4.78, 5) is 4.43. The van der Waals surface area contributed by atoms with Gasteiger partial charge in [-0.25, -0.2) is 0 Å². The Kier molecular flexibility index (Phi) is 7.99. The Bertz CT molecular complexity index is 212. The van der Waals surface area contributed by atoms with Gasteiger partial charge >= 0.3 is 19.5 Å². The Hall–Kier alpha value is -0.117. The van der Waals surface area contributed by atoms with Gasteiger partial charge in [0.05, 0.1) is 13.2 Å². The molecule has 0 aromatic rings. The summed E-state index contributed by atoms with van der Waals surface area (Å²) in [6.07, 6.45) is 0. The molecule has 95 valence electrons. The Morgan fingerprint density at radius 1 is 0.938 bits per heavy atom. The predicted molar refractivity (Wildman–Crippen MR) is 59.8 cm³/mol. The minimum Gasteiger partial charge on any atom is -0.504 e.